The van der Waals surface area contributed by atoms with Crippen molar-refractivity contribution in [1.82, 2.24) is 25.3 Å². The minimum atomic E-state index is -0.400. The predicted molar refractivity (Wildman–Crippen MR) is 131 cm³/mol. The Kier molecular flexibility index (Phi) is 7.68. The van der Waals surface area contributed by atoms with Gasteiger partial charge in [-0.3, -0.25) is 9.59 Å². The fourth-order valence-corrected chi connectivity index (χ4v) is 3.90. The SMILES string of the molecule is COc1ccc(OC)c(-c2ccc(=O)n(CC(=O)NCCOc3ccc(-c4cccs4)nn3)n2)c1. The molecule has 3 aromatic heterocycles. The van der Waals surface area contributed by atoms with Crippen LogP contribution >= 0.6 is 11.3 Å². The third-order valence-corrected chi connectivity index (χ3v) is 5.82. The van der Waals surface area contributed by atoms with Crippen LogP contribution in [0, 0.1) is 0 Å². The van der Waals surface area contributed by atoms with Crippen molar-refractivity contribution in [2.75, 3.05) is 27.4 Å². The zero-order valence-electron chi connectivity index (χ0n) is 19.1. The number of carbonyl (C=O) groups is 1. The molecule has 0 bridgehead atoms. The van der Waals surface area contributed by atoms with Gasteiger partial charge in [0.05, 0.1) is 31.3 Å². The Bertz CT molecular complexity index is 1340. The Morgan fingerprint density at radius 3 is 2.60 bits per heavy atom. The van der Waals surface area contributed by atoms with Crippen LogP contribution in [0.2, 0.25) is 0 Å². The van der Waals surface area contributed by atoms with Crippen molar-refractivity contribution in [3.05, 3.63) is 70.3 Å². The van der Waals surface area contributed by atoms with Crippen LogP contribution in [0.15, 0.2) is 64.8 Å². The van der Waals surface area contributed by atoms with Crippen molar-refractivity contribution >= 4 is 17.2 Å². The number of methoxy groups -OCH3 is 2. The average molecular weight is 494 g/mol. The molecule has 1 N–H and O–H groups in total. The van der Waals surface area contributed by atoms with Gasteiger partial charge in [-0.05, 0) is 41.8 Å². The van der Waals surface area contributed by atoms with Crippen LogP contribution in [0.1, 0.15) is 0 Å². The lowest BCUT2D eigenvalue weighted by atomic mass is 10.1. The molecule has 0 saturated heterocycles. The number of benzene rings is 1. The zero-order valence-corrected chi connectivity index (χ0v) is 19.9. The van der Waals surface area contributed by atoms with Crippen LogP contribution in [0.5, 0.6) is 17.4 Å². The van der Waals surface area contributed by atoms with E-state index < -0.39 is 5.56 Å². The van der Waals surface area contributed by atoms with Gasteiger partial charge in [0.15, 0.2) is 0 Å². The smallest absolute Gasteiger partial charge is 0.267 e. The standard InChI is InChI=1S/C24H23N5O5S/c1-32-16-5-8-20(33-2)17(14-16)18-7-10-24(31)29(28-18)15-22(30)25-11-12-34-23-9-6-19(26-27-23)21-4-3-13-35-21/h3-10,13-14H,11-12,15H2,1-2H3,(H,25,30). The summed E-state index contributed by atoms with van der Waals surface area (Å²) in [5.41, 5.74) is 1.48. The Hall–Kier alpha value is -4.25. The lowest BCUT2D eigenvalue weighted by Crippen LogP contribution is -2.35. The second-order valence-electron chi connectivity index (χ2n) is 7.21. The van der Waals surface area contributed by atoms with Gasteiger partial charge < -0.3 is 19.5 Å². The fraction of sp³-hybridized carbons (Fsp3) is 0.208. The lowest BCUT2D eigenvalue weighted by Gasteiger charge is -2.12. The van der Waals surface area contributed by atoms with Gasteiger partial charge in [-0.1, -0.05) is 6.07 Å². The van der Waals surface area contributed by atoms with Crippen molar-refractivity contribution in [1.29, 1.82) is 0 Å². The maximum absolute atomic E-state index is 12.4. The van der Waals surface area contributed by atoms with Crippen LogP contribution in [0.3, 0.4) is 0 Å². The summed E-state index contributed by atoms with van der Waals surface area (Å²) in [5.74, 6) is 1.16. The molecule has 10 nitrogen and oxygen atoms in total. The molecule has 0 aliphatic carbocycles. The number of ether oxygens (including phenoxy) is 3. The average Bonchev–Trinajstić information content (AvgIpc) is 3.43. The Morgan fingerprint density at radius 2 is 1.89 bits per heavy atom. The van der Waals surface area contributed by atoms with E-state index in [2.05, 4.69) is 20.6 Å². The number of carbonyl (C=O) groups excluding carboxylic acids is 1. The third kappa shape index (κ3) is 6.01. The molecule has 0 saturated carbocycles. The summed E-state index contributed by atoms with van der Waals surface area (Å²) in [6.07, 6.45) is 0. The summed E-state index contributed by atoms with van der Waals surface area (Å²) in [4.78, 5) is 25.7. The van der Waals surface area contributed by atoms with E-state index in [4.69, 9.17) is 14.2 Å². The first-order valence-electron chi connectivity index (χ1n) is 10.6. The van der Waals surface area contributed by atoms with Crippen molar-refractivity contribution in [2.45, 2.75) is 6.54 Å². The van der Waals surface area contributed by atoms with Crippen molar-refractivity contribution in [3.63, 3.8) is 0 Å². The van der Waals surface area contributed by atoms with E-state index in [0.29, 0.717) is 28.6 Å². The molecule has 1 amide bonds. The first-order chi connectivity index (χ1) is 17.1. The number of nitrogens with one attached hydrogen (secondary N) is 1. The molecule has 4 rings (SSSR count). The highest BCUT2D eigenvalue weighted by atomic mass is 32.1. The van der Waals surface area contributed by atoms with Crippen LogP contribution in [-0.4, -0.2) is 53.3 Å². The van der Waals surface area contributed by atoms with Crippen LogP contribution in [0.4, 0.5) is 0 Å². The van der Waals surface area contributed by atoms with Gasteiger partial charge in [-0.15, -0.1) is 21.5 Å². The third-order valence-electron chi connectivity index (χ3n) is 4.93. The molecule has 0 aliphatic heterocycles. The molecule has 35 heavy (non-hydrogen) atoms. The predicted octanol–water partition coefficient (Wildman–Crippen LogP) is 2.64. The number of rotatable bonds is 10. The van der Waals surface area contributed by atoms with Gasteiger partial charge in [-0.2, -0.15) is 5.10 Å². The molecule has 11 heteroatoms. The number of thiophene rings is 1. The van der Waals surface area contributed by atoms with Gasteiger partial charge in [0.1, 0.15) is 30.3 Å². The van der Waals surface area contributed by atoms with Gasteiger partial charge in [0.25, 0.3) is 5.56 Å². The van der Waals surface area contributed by atoms with Gasteiger partial charge in [-0.25, -0.2) is 4.68 Å². The monoisotopic (exact) mass is 493 g/mol. The molecule has 4 aromatic rings. The Labute approximate surface area is 205 Å². The van der Waals surface area contributed by atoms with E-state index in [1.807, 2.05) is 23.6 Å². The van der Waals surface area contributed by atoms with Gasteiger partial charge in [0.2, 0.25) is 11.8 Å². The Morgan fingerprint density at radius 1 is 1.03 bits per heavy atom. The second kappa shape index (κ2) is 11.3. The van der Waals surface area contributed by atoms with E-state index in [-0.39, 0.29) is 25.6 Å². The Balaban J connectivity index is 1.33. The molecule has 0 aliphatic rings. The van der Waals surface area contributed by atoms with E-state index in [1.54, 1.807) is 55.9 Å². The van der Waals surface area contributed by atoms with E-state index in [1.165, 1.54) is 6.07 Å². The summed E-state index contributed by atoms with van der Waals surface area (Å²) in [6.45, 7) is 0.182. The largest absolute Gasteiger partial charge is 0.497 e. The molecule has 180 valence electrons. The molecular formula is C24H23N5O5S. The summed E-state index contributed by atoms with van der Waals surface area (Å²) in [6, 6.07) is 15.7. The maximum Gasteiger partial charge on any atom is 0.267 e. The van der Waals surface area contributed by atoms with Crippen LogP contribution in [-0.2, 0) is 11.3 Å². The number of nitrogens with zero attached hydrogens (tertiary/aromatic N) is 4. The highest BCUT2D eigenvalue weighted by molar-refractivity contribution is 7.13. The first kappa shape index (κ1) is 23.9. The summed E-state index contributed by atoms with van der Waals surface area (Å²) >= 11 is 1.58. The van der Waals surface area contributed by atoms with Crippen molar-refractivity contribution in [2.24, 2.45) is 0 Å². The fourth-order valence-electron chi connectivity index (χ4n) is 3.21. The van der Waals surface area contributed by atoms with E-state index in [9.17, 15) is 9.59 Å². The summed E-state index contributed by atoms with van der Waals surface area (Å²) in [7, 11) is 3.10. The minimum Gasteiger partial charge on any atom is -0.497 e. The molecule has 3 heterocycles. The number of hydrogen-bond donors (Lipinski definition) is 1. The van der Waals surface area contributed by atoms with Gasteiger partial charge in [0, 0.05) is 17.7 Å². The van der Waals surface area contributed by atoms with Crippen LogP contribution in [0.25, 0.3) is 21.8 Å². The topological polar surface area (TPSA) is 117 Å². The maximum atomic E-state index is 12.4. The van der Waals surface area contributed by atoms with E-state index in [0.717, 1.165) is 15.3 Å². The molecule has 0 fully saturated rings. The lowest BCUT2D eigenvalue weighted by molar-refractivity contribution is -0.122. The van der Waals surface area contributed by atoms with Crippen molar-refractivity contribution in [3.8, 4) is 39.2 Å². The molecular weight excluding hydrogens is 470 g/mol. The number of aromatic nitrogens is 4. The number of amides is 1. The summed E-state index contributed by atoms with van der Waals surface area (Å²) < 4.78 is 17.3. The highest BCUT2D eigenvalue weighted by Gasteiger charge is 2.13. The van der Waals surface area contributed by atoms with E-state index >= 15 is 0 Å². The zero-order chi connectivity index (χ0) is 24.6. The number of hydrogen-bond acceptors (Lipinski definition) is 9. The summed E-state index contributed by atoms with van der Waals surface area (Å²) in [5, 5.41) is 17.2. The molecule has 0 unspecified atom stereocenters. The van der Waals surface area contributed by atoms with Crippen LogP contribution < -0.4 is 25.1 Å². The molecule has 0 atom stereocenters. The second-order valence-corrected chi connectivity index (χ2v) is 8.16. The quantitative estimate of drug-likeness (QED) is 0.335. The van der Waals surface area contributed by atoms with Crippen molar-refractivity contribution < 1.29 is 19.0 Å². The van der Waals surface area contributed by atoms with Gasteiger partial charge >= 0.3 is 0 Å². The highest BCUT2D eigenvalue weighted by Crippen LogP contribution is 2.31. The molecule has 0 spiro atoms. The molecule has 1 aromatic carbocycles. The first-order valence-corrected chi connectivity index (χ1v) is 11.5. The molecule has 0 radical (unpaired) electrons. The minimum absolute atomic E-state index is 0.197. The normalized spacial score (nSPS) is 10.6.